The molecule has 0 bridgehead atoms. The first-order valence-corrected chi connectivity index (χ1v) is 34.3. The second-order valence-electron chi connectivity index (χ2n) is 26.6. The fourth-order valence-electron chi connectivity index (χ4n) is 16.0. The van der Waals surface area contributed by atoms with Gasteiger partial charge < -0.3 is 34.3 Å². The van der Waals surface area contributed by atoms with Crippen molar-refractivity contribution in [2.45, 2.75) is 116 Å². The molecule has 8 aliphatic heterocycles. The van der Waals surface area contributed by atoms with E-state index < -0.39 is 0 Å². The summed E-state index contributed by atoms with van der Waals surface area (Å²) in [6.07, 6.45) is 23.5. The first kappa shape index (κ1) is 58.9. The van der Waals surface area contributed by atoms with E-state index in [1.807, 2.05) is 36.8 Å². The Bertz CT molecular complexity index is 4740. The largest absolute Gasteiger partial charge is 0.301 e. The Balaban J connectivity index is 0.0000000951. The number of hydrogen-bond acceptors (Lipinski definition) is 18. The van der Waals surface area contributed by atoms with Crippen LogP contribution in [0.4, 0.5) is 92.0 Å². The molecule has 0 N–H and O–H groups in total. The van der Waals surface area contributed by atoms with Gasteiger partial charge in [-0.25, -0.2) is 39.9 Å². The lowest BCUT2D eigenvalue weighted by Crippen LogP contribution is -2.36. The van der Waals surface area contributed by atoms with Crippen LogP contribution in [0.3, 0.4) is 0 Å². The van der Waals surface area contributed by atoms with Crippen LogP contribution in [-0.4, -0.2) is 74.5 Å². The maximum Gasteiger partial charge on any atom is 0.178 e. The molecule has 98 heavy (non-hydrogen) atoms. The highest BCUT2D eigenvalue weighted by Gasteiger charge is 2.49. The number of anilines is 16. The van der Waals surface area contributed by atoms with Crippen molar-refractivity contribution in [3.8, 4) is 0 Å². The van der Waals surface area contributed by atoms with Gasteiger partial charge in [0.15, 0.2) is 46.5 Å². The Kier molecular flexibility index (Phi) is 14.5. The molecule has 0 saturated heterocycles. The highest BCUT2D eigenvalue weighted by Crippen LogP contribution is 2.56. The minimum atomic E-state index is 0.180. The minimum Gasteiger partial charge on any atom is -0.301 e. The zero-order valence-corrected chi connectivity index (χ0v) is 55.1. The second kappa shape index (κ2) is 24.2. The van der Waals surface area contributed by atoms with E-state index in [2.05, 4.69) is 261 Å². The fourth-order valence-corrected chi connectivity index (χ4v) is 16.0. The summed E-state index contributed by atoms with van der Waals surface area (Å²) in [6, 6.07) is 63.7. The van der Waals surface area contributed by atoms with Gasteiger partial charge in [-0.15, -0.1) is 0 Å². The Morgan fingerprint density at radius 1 is 0.286 bits per heavy atom. The summed E-state index contributed by atoms with van der Waals surface area (Å²) in [4.78, 5) is 66.0. The lowest BCUT2D eigenvalue weighted by Gasteiger charge is -2.26. The number of fused-ring (bicyclic) bond motifs is 21. The third-order valence-corrected chi connectivity index (χ3v) is 20.2. The van der Waals surface area contributed by atoms with Crippen LogP contribution in [0.25, 0.3) is 0 Å². The summed E-state index contributed by atoms with van der Waals surface area (Å²) in [7, 11) is 0. The predicted octanol–water partition coefficient (Wildman–Crippen LogP) is 16.5. The van der Waals surface area contributed by atoms with Crippen molar-refractivity contribution in [3.05, 3.63) is 277 Å². The molecule has 9 aliphatic rings. The van der Waals surface area contributed by atoms with E-state index in [0.717, 1.165) is 108 Å². The van der Waals surface area contributed by atoms with Gasteiger partial charge in [0.2, 0.25) is 0 Å². The molecule has 6 aromatic carbocycles. The van der Waals surface area contributed by atoms with Gasteiger partial charge in [-0.3, -0.25) is 14.9 Å². The molecule has 1 aliphatic carbocycles. The van der Waals surface area contributed by atoms with Crippen LogP contribution in [0.2, 0.25) is 0 Å². The van der Waals surface area contributed by atoms with Gasteiger partial charge in [-0.1, -0.05) is 137 Å². The molecule has 18 heteroatoms. The van der Waals surface area contributed by atoms with Crippen molar-refractivity contribution in [1.29, 1.82) is 0 Å². The summed E-state index contributed by atoms with van der Waals surface area (Å²) in [6.45, 7) is 8.84. The van der Waals surface area contributed by atoms with E-state index in [-0.39, 0.29) is 24.7 Å². The van der Waals surface area contributed by atoms with Gasteiger partial charge in [-0.2, -0.15) is 0 Å². The Labute approximate surface area is 570 Å². The Hall–Kier alpha value is -11.7. The van der Waals surface area contributed by atoms with Crippen LogP contribution in [0.5, 0.6) is 0 Å². The third-order valence-electron chi connectivity index (χ3n) is 20.2. The molecule has 482 valence electrons. The van der Waals surface area contributed by atoms with Crippen molar-refractivity contribution in [2.75, 3.05) is 39.2 Å². The van der Waals surface area contributed by atoms with Gasteiger partial charge in [0.05, 0.1) is 34.7 Å². The number of benzene rings is 6. The predicted molar refractivity (Wildman–Crippen MR) is 387 cm³/mol. The van der Waals surface area contributed by atoms with Crippen LogP contribution >= 0.6 is 0 Å². The standard InChI is InChI=1S/C24H26N4.C22H20N4.2C17H13N5/c1-15(2)21-22(16(3)4)26-24-23(25-21)27(18-11-6-5-7-12-18)20-14-17-10-8-9-13-19(17)28(20)24;1-2-9-16(10-3-1)25-20-14-15-8-4-7-13-19(15)26(20)22-21(25)23-17-11-5-6-12-18(17)24-22;1-2-6-14-12(4-1)10-15-21(13-5-3-7-18-11-13)16-17(22(14)15)20-9-8-19-16;1-2-4-14-12(3-1)11-15-21(13-5-7-18-8-6-13)16-17(22(14)15)20-10-9-19-16/h5-13,15-16,20H,14H2,1-4H3;1-4,7-10,13,20H,5-6,11-12,14H2;1-9,11,15H,10H2;1-10,15H,11H2. The van der Waals surface area contributed by atoms with Crippen LogP contribution in [0.15, 0.2) is 232 Å². The number of pyridine rings is 2. The SMILES string of the molecule is CC(C)c1nc2c(nc1C(C)C)N1c3ccccc3CC1N2c1ccccc1.c1ccc(N2c3nc4c(nc3N3c5ccccc5CC23)CCCC4)cc1.c1ccc2c(c1)CC1N(c3ccncc3)c3nccnc3N21.c1cncc(N2c3nccnc3N3c4ccccc4CC23)c1. The maximum absolute atomic E-state index is 5.21. The molecular formula is C80H72N18. The molecule has 12 aromatic rings. The second-order valence-corrected chi connectivity index (χ2v) is 26.6. The van der Waals surface area contributed by atoms with Crippen LogP contribution < -0.4 is 39.2 Å². The number of aryl methyl sites for hydroxylation is 2. The molecule has 6 aromatic heterocycles. The topological polar surface area (TPSA) is 155 Å². The number of aromatic nitrogens is 10. The molecule has 0 fully saturated rings. The van der Waals surface area contributed by atoms with E-state index in [0.29, 0.717) is 11.8 Å². The van der Waals surface area contributed by atoms with Crippen molar-refractivity contribution in [1.82, 2.24) is 49.8 Å². The first-order chi connectivity index (χ1) is 48.3. The number of nitrogens with zero attached hydrogens (tertiary/aromatic N) is 18. The normalized spacial score (nSPS) is 18.3. The van der Waals surface area contributed by atoms with E-state index >= 15 is 0 Å². The van der Waals surface area contributed by atoms with E-state index in [1.54, 1.807) is 31.0 Å². The average Bonchev–Trinajstić information content (AvgIpc) is 1.59. The van der Waals surface area contributed by atoms with Crippen LogP contribution in [-0.2, 0) is 38.5 Å². The maximum atomic E-state index is 5.21. The Morgan fingerprint density at radius 3 is 1.00 bits per heavy atom. The average molecular weight is 1290 g/mol. The molecule has 0 amide bonds. The molecule has 21 rings (SSSR count). The van der Waals surface area contributed by atoms with Crippen LogP contribution in [0, 0.1) is 0 Å². The monoisotopic (exact) mass is 1280 g/mol. The van der Waals surface area contributed by atoms with Gasteiger partial charge in [-0.05, 0) is 133 Å². The smallest absolute Gasteiger partial charge is 0.178 e. The summed E-state index contributed by atoms with van der Waals surface area (Å²) >= 11 is 0. The van der Waals surface area contributed by atoms with Gasteiger partial charge in [0.25, 0.3) is 0 Å². The molecule has 0 spiro atoms. The summed E-state index contributed by atoms with van der Waals surface area (Å²) < 4.78 is 0. The van der Waals surface area contributed by atoms with Gasteiger partial charge >= 0.3 is 0 Å². The lowest BCUT2D eigenvalue weighted by molar-refractivity contribution is 0.651. The first-order valence-electron chi connectivity index (χ1n) is 34.3. The number of hydrogen-bond donors (Lipinski definition) is 0. The van der Waals surface area contributed by atoms with Gasteiger partial charge in [0, 0.05) is 109 Å². The molecule has 4 atom stereocenters. The van der Waals surface area contributed by atoms with Crippen molar-refractivity contribution >= 4 is 92.0 Å². The zero-order valence-electron chi connectivity index (χ0n) is 55.1. The summed E-state index contributed by atoms with van der Waals surface area (Å²) in [5.74, 6) is 8.37. The Morgan fingerprint density at radius 2 is 0.602 bits per heavy atom. The molecule has 0 radical (unpaired) electrons. The summed E-state index contributed by atoms with van der Waals surface area (Å²) in [5, 5.41) is 0. The van der Waals surface area contributed by atoms with E-state index in [1.165, 1.54) is 80.6 Å². The lowest BCUT2D eigenvalue weighted by atomic mass is 10.0. The highest BCUT2D eigenvalue weighted by atomic mass is 15.5. The number of para-hydroxylation sites is 6. The molecule has 14 heterocycles. The molecule has 18 nitrogen and oxygen atoms in total. The summed E-state index contributed by atoms with van der Waals surface area (Å²) in [5.41, 5.74) is 19.6. The molecule has 0 saturated carbocycles. The van der Waals surface area contributed by atoms with Crippen molar-refractivity contribution in [3.63, 3.8) is 0 Å². The van der Waals surface area contributed by atoms with Crippen molar-refractivity contribution in [2.24, 2.45) is 0 Å². The third kappa shape index (κ3) is 9.73. The molecular weight excluding hydrogens is 1210 g/mol. The quantitative estimate of drug-likeness (QED) is 0.155. The van der Waals surface area contributed by atoms with E-state index in [9.17, 15) is 0 Å². The fraction of sp³-hybridized carbons (Fsp3) is 0.225. The van der Waals surface area contributed by atoms with Crippen LogP contribution in [0.1, 0.15) is 97.4 Å². The zero-order chi connectivity index (χ0) is 65.5. The number of rotatable bonds is 6. The van der Waals surface area contributed by atoms with Gasteiger partial charge in [0.1, 0.15) is 24.7 Å². The molecule has 4 unspecified atom stereocenters. The highest BCUT2D eigenvalue weighted by molar-refractivity contribution is 5.91. The minimum absolute atomic E-state index is 0.180. The van der Waals surface area contributed by atoms with Crippen molar-refractivity contribution < 1.29 is 0 Å². The van der Waals surface area contributed by atoms with E-state index in [4.69, 9.17) is 19.9 Å².